The van der Waals surface area contributed by atoms with Gasteiger partial charge in [0.1, 0.15) is 0 Å². The van der Waals surface area contributed by atoms with Crippen molar-refractivity contribution in [2.75, 3.05) is 0 Å². The maximum absolute atomic E-state index is 10.3. The van der Waals surface area contributed by atoms with Gasteiger partial charge in [-0.1, -0.05) is 54.4 Å². The molecule has 0 radical (unpaired) electrons. The normalized spacial score (nSPS) is 14.2. The molecule has 2 aromatic rings. The molecule has 3 heteroatoms. The fourth-order valence-electron chi connectivity index (χ4n) is 1.92. The van der Waals surface area contributed by atoms with Crippen molar-refractivity contribution in [2.24, 2.45) is 0 Å². The van der Waals surface area contributed by atoms with Crippen molar-refractivity contribution in [3.05, 3.63) is 69.7 Å². The van der Waals surface area contributed by atoms with Crippen molar-refractivity contribution in [3.63, 3.8) is 0 Å². The van der Waals surface area contributed by atoms with Crippen LogP contribution in [0.1, 0.15) is 30.1 Å². The lowest BCUT2D eigenvalue weighted by atomic mass is 9.91. The molecule has 94 valence electrons. The van der Waals surface area contributed by atoms with Gasteiger partial charge >= 0.3 is 0 Å². The van der Waals surface area contributed by atoms with Crippen molar-refractivity contribution in [1.82, 2.24) is 0 Å². The first-order valence-corrected chi connectivity index (χ1v) is 6.52. The number of hydrogen-bond acceptors (Lipinski definition) is 1. The Labute approximate surface area is 117 Å². The van der Waals surface area contributed by atoms with E-state index in [2.05, 4.69) is 0 Å². The van der Waals surface area contributed by atoms with E-state index >= 15 is 0 Å². The predicted octanol–water partition coefficient (Wildman–Crippen LogP) is 4.83. The van der Waals surface area contributed by atoms with E-state index in [1.165, 1.54) is 0 Å². The number of halogens is 2. The van der Waals surface area contributed by atoms with Gasteiger partial charge in [0.2, 0.25) is 0 Å². The number of benzene rings is 2. The van der Waals surface area contributed by atoms with Crippen LogP contribution in [0.4, 0.5) is 0 Å². The van der Waals surface area contributed by atoms with Crippen molar-refractivity contribution in [2.45, 2.75) is 18.9 Å². The molecule has 2 aromatic carbocycles. The number of rotatable bonds is 3. The van der Waals surface area contributed by atoms with Crippen LogP contribution in [0.25, 0.3) is 0 Å². The molecule has 1 N–H and O–H groups in total. The zero-order valence-electron chi connectivity index (χ0n) is 9.98. The van der Waals surface area contributed by atoms with Crippen LogP contribution in [-0.4, -0.2) is 5.11 Å². The Hall–Kier alpha value is -1.02. The van der Waals surface area contributed by atoms with Crippen LogP contribution >= 0.6 is 23.2 Å². The zero-order valence-corrected chi connectivity index (χ0v) is 11.5. The minimum absolute atomic E-state index is 0.0233. The van der Waals surface area contributed by atoms with Gasteiger partial charge in [-0.25, -0.2) is 0 Å². The van der Waals surface area contributed by atoms with Gasteiger partial charge in [0, 0.05) is 16.0 Å². The van der Waals surface area contributed by atoms with Gasteiger partial charge in [-0.2, -0.15) is 0 Å². The van der Waals surface area contributed by atoms with Crippen LogP contribution < -0.4 is 0 Å². The Morgan fingerprint density at radius 1 is 0.889 bits per heavy atom. The van der Waals surface area contributed by atoms with Crippen LogP contribution in [0.2, 0.25) is 10.0 Å². The van der Waals surface area contributed by atoms with E-state index in [9.17, 15) is 5.11 Å². The van der Waals surface area contributed by atoms with E-state index in [1.807, 2.05) is 43.3 Å². The highest BCUT2D eigenvalue weighted by molar-refractivity contribution is 6.30. The summed E-state index contributed by atoms with van der Waals surface area (Å²) in [4.78, 5) is 0. The lowest BCUT2D eigenvalue weighted by Crippen LogP contribution is -2.07. The van der Waals surface area contributed by atoms with Crippen LogP contribution in [0.15, 0.2) is 48.5 Å². The van der Waals surface area contributed by atoms with E-state index in [-0.39, 0.29) is 5.92 Å². The molecule has 0 saturated carbocycles. The van der Waals surface area contributed by atoms with Crippen molar-refractivity contribution in [1.29, 1.82) is 0 Å². The zero-order chi connectivity index (χ0) is 13.1. The molecule has 2 atom stereocenters. The summed E-state index contributed by atoms with van der Waals surface area (Å²) in [6.45, 7) is 1.98. The van der Waals surface area contributed by atoms with Gasteiger partial charge in [-0.05, 0) is 35.4 Å². The monoisotopic (exact) mass is 280 g/mol. The predicted molar refractivity (Wildman–Crippen MR) is 76.3 cm³/mol. The Balaban J connectivity index is 2.23. The SMILES string of the molecule is C[C@H](c1cccc(Cl)c1)[C@@H](O)c1ccc(Cl)cc1. The lowest BCUT2D eigenvalue weighted by Gasteiger charge is -2.20. The fraction of sp³-hybridized carbons (Fsp3) is 0.200. The summed E-state index contributed by atoms with van der Waals surface area (Å²) < 4.78 is 0. The van der Waals surface area contributed by atoms with Gasteiger partial charge in [-0.15, -0.1) is 0 Å². The molecule has 0 saturated heterocycles. The summed E-state index contributed by atoms with van der Waals surface area (Å²) in [6, 6.07) is 14.8. The topological polar surface area (TPSA) is 20.2 Å². The molecule has 2 rings (SSSR count). The summed E-state index contributed by atoms with van der Waals surface area (Å²) in [5, 5.41) is 11.7. The molecule has 0 amide bonds. The summed E-state index contributed by atoms with van der Waals surface area (Å²) >= 11 is 11.8. The van der Waals surface area contributed by atoms with E-state index in [0.29, 0.717) is 10.0 Å². The summed E-state index contributed by atoms with van der Waals surface area (Å²) in [6.07, 6.45) is -0.569. The summed E-state index contributed by atoms with van der Waals surface area (Å²) in [5.74, 6) is -0.0233. The van der Waals surface area contributed by atoms with E-state index in [0.717, 1.165) is 11.1 Å². The van der Waals surface area contributed by atoms with E-state index in [1.54, 1.807) is 12.1 Å². The van der Waals surface area contributed by atoms with Gasteiger partial charge in [0.25, 0.3) is 0 Å². The molecule has 0 aliphatic carbocycles. The molecule has 0 fully saturated rings. The fourth-order valence-corrected chi connectivity index (χ4v) is 2.25. The lowest BCUT2D eigenvalue weighted by molar-refractivity contribution is 0.151. The van der Waals surface area contributed by atoms with Gasteiger partial charge in [0.15, 0.2) is 0 Å². The molecule has 18 heavy (non-hydrogen) atoms. The van der Waals surface area contributed by atoms with Crippen molar-refractivity contribution >= 4 is 23.2 Å². The van der Waals surface area contributed by atoms with Gasteiger partial charge in [-0.3, -0.25) is 0 Å². The second-order valence-corrected chi connectivity index (χ2v) is 5.21. The average molecular weight is 281 g/mol. The maximum atomic E-state index is 10.3. The molecule has 0 unspecified atom stereocenters. The molecule has 0 heterocycles. The average Bonchev–Trinajstić information content (AvgIpc) is 2.38. The molecule has 1 nitrogen and oxygen atoms in total. The molecular weight excluding hydrogens is 267 g/mol. The van der Waals surface area contributed by atoms with Gasteiger partial charge in [0.05, 0.1) is 6.10 Å². The maximum Gasteiger partial charge on any atom is 0.0855 e. The Kier molecular flexibility index (Phi) is 4.28. The molecule has 0 aromatic heterocycles. The molecule has 0 bridgehead atoms. The number of aliphatic hydroxyl groups excluding tert-OH is 1. The summed E-state index contributed by atoms with van der Waals surface area (Å²) in [5.41, 5.74) is 1.87. The minimum Gasteiger partial charge on any atom is -0.388 e. The van der Waals surface area contributed by atoms with Gasteiger partial charge < -0.3 is 5.11 Å². The largest absolute Gasteiger partial charge is 0.388 e. The Morgan fingerprint density at radius 2 is 1.56 bits per heavy atom. The second kappa shape index (κ2) is 5.75. The van der Waals surface area contributed by atoms with Crippen molar-refractivity contribution < 1.29 is 5.11 Å². The molecule has 0 spiro atoms. The number of aliphatic hydroxyl groups is 1. The summed E-state index contributed by atoms with van der Waals surface area (Å²) in [7, 11) is 0. The van der Waals surface area contributed by atoms with E-state index in [4.69, 9.17) is 23.2 Å². The third-order valence-electron chi connectivity index (χ3n) is 3.06. The highest BCUT2D eigenvalue weighted by Crippen LogP contribution is 2.31. The standard InChI is InChI=1S/C15H14Cl2O/c1-10(12-3-2-4-14(17)9-12)15(18)11-5-7-13(16)8-6-11/h2-10,15,18H,1H3/t10-,15-/m1/s1. The Morgan fingerprint density at radius 3 is 2.17 bits per heavy atom. The highest BCUT2D eigenvalue weighted by Gasteiger charge is 2.18. The van der Waals surface area contributed by atoms with Crippen LogP contribution in [0.3, 0.4) is 0 Å². The second-order valence-electron chi connectivity index (χ2n) is 4.34. The minimum atomic E-state index is -0.569. The Bertz CT molecular complexity index is 522. The van der Waals surface area contributed by atoms with Crippen LogP contribution in [0, 0.1) is 0 Å². The smallest absolute Gasteiger partial charge is 0.0855 e. The first kappa shape index (κ1) is 13.4. The van der Waals surface area contributed by atoms with Crippen molar-refractivity contribution in [3.8, 4) is 0 Å². The third-order valence-corrected chi connectivity index (χ3v) is 3.55. The first-order chi connectivity index (χ1) is 8.58. The molecule has 0 aliphatic heterocycles. The molecule has 0 aliphatic rings. The third kappa shape index (κ3) is 3.05. The molecular formula is C15H14Cl2O. The van der Waals surface area contributed by atoms with Crippen LogP contribution in [0.5, 0.6) is 0 Å². The first-order valence-electron chi connectivity index (χ1n) is 5.77. The van der Waals surface area contributed by atoms with Crippen LogP contribution in [-0.2, 0) is 0 Å². The number of hydrogen-bond donors (Lipinski definition) is 1. The quantitative estimate of drug-likeness (QED) is 0.854. The highest BCUT2D eigenvalue weighted by atomic mass is 35.5. The van der Waals surface area contributed by atoms with E-state index < -0.39 is 6.10 Å².